The van der Waals surface area contributed by atoms with E-state index in [0.29, 0.717) is 12.8 Å². The zero-order valence-electron chi connectivity index (χ0n) is 10.6. The highest BCUT2D eigenvalue weighted by Gasteiger charge is 2.30. The Bertz CT molecular complexity index is 609. The molecule has 8 heteroatoms. The van der Waals surface area contributed by atoms with Gasteiger partial charge in [0, 0.05) is 11.7 Å². The molecule has 0 aromatic heterocycles. The van der Waals surface area contributed by atoms with Crippen molar-refractivity contribution in [2.45, 2.75) is 42.7 Å². The van der Waals surface area contributed by atoms with Gasteiger partial charge < -0.3 is 10.8 Å². The van der Waals surface area contributed by atoms with Gasteiger partial charge in [0.25, 0.3) is 0 Å². The molecular weight excluding hydrogens is 307 g/mol. The van der Waals surface area contributed by atoms with Crippen molar-refractivity contribution >= 4 is 27.3 Å². The van der Waals surface area contributed by atoms with E-state index in [1.54, 1.807) is 0 Å². The summed E-state index contributed by atoms with van der Waals surface area (Å²) >= 11 is 5.60. The lowest BCUT2D eigenvalue weighted by Crippen LogP contribution is -2.45. The Morgan fingerprint density at radius 3 is 2.65 bits per heavy atom. The summed E-state index contributed by atoms with van der Waals surface area (Å²) in [5, 5.41) is 9.43. The second kappa shape index (κ2) is 5.85. The topological polar surface area (TPSA) is 92.4 Å². The molecule has 4 N–H and O–H groups in total. The van der Waals surface area contributed by atoms with Gasteiger partial charge in [0.15, 0.2) is 5.82 Å². The average Bonchev–Trinajstić information content (AvgIpc) is 2.36. The molecule has 2 unspecified atom stereocenters. The van der Waals surface area contributed by atoms with Crippen molar-refractivity contribution in [1.82, 2.24) is 4.72 Å². The zero-order chi connectivity index (χ0) is 14.9. The lowest BCUT2D eigenvalue weighted by Gasteiger charge is -2.28. The van der Waals surface area contributed by atoms with E-state index < -0.39 is 32.9 Å². The van der Waals surface area contributed by atoms with Crippen LogP contribution in [-0.2, 0) is 10.0 Å². The van der Waals surface area contributed by atoms with Crippen molar-refractivity contribution < 1.29 is 17.9 Å². The fraction of sp³-hybridized carbons (Fsp3) is 0.500. The summed E-state index contributed by atoms with van der Waals surface area (Å²) in [5.74, 6) is -1.04. The molecule has 1 fully saturated rings. The van der Waals surface area contributed by atoms with Gasteiger partial charge in [-0.1, -0.05) is 24.4 Å². The number of aliphatic hydroxyl groups is 1. The maximum Gasteiger partial charge on any atom is 0.243 e. The lowest BCUT2D eigenvalue weighted by molar-refractivity contribution is 0.101. The third kappa shape index (κ3) is 3.22. The summed E-state index contributed by atoms with van der Waals surface area (Å²) in [5.41, 5.74) is 5.55. The van der Waals surface area contributed by atoms with Crippen LogP contribution in [0, 0.1) is 5.82 Å². The Balaban J connectivity index is 2.31. The molecule has 0 heterocycles. The Labute approximate surface area is 122 Å². The van der Waals surface area contributed by atoms with Gasteiger partial charge in [-0.25, -0.2) is 17.5 Å². The molecule has 1 aromatic rings. The van der Waals surface area contributed by atoms with Gasteiger partial charge in [0.05, 0.1) is 11.1 Å². The molecule has 0 spiro atoms. The van der Waals surface area contributed by atoms with Gasteiger partial charge in [-0.15, -0.1) is 0 Å². The smallest absolute Gasteiger partial charge is 0.243 e. The van der Waals surface area contributed by atoms with Crippen LogP contribution >= 0.6 is 11.6 Å². The molecule has 0 radical (unpaired) electrons. The fourth-order valence-electron chi connectivity index (χ4n) is 2.29. The SMILES string of the molecule is Nc1cc(Cl)c(F)c(S(=O)(=O)NC2CCCCC2O)c1. The standard InChI is InChI=1S/C12H16ClFN2O3S/c13-8-5-7(15)6-11(12(8)14)20(18,19)16-9-3-1-2-4-10(9)17/h5-6,9-10,16-17H,1-4,15H2. The lowest BCUT2D eigenvalue weighted by atomic mass is 9.93. The van der Waals surface area contributed by atoms with Gasteiger partial charge >= 0.3 is 0 Å². The van der Waals surface area contributed by atoms with E-state index in [4.69, 9.17) is 17.3 Å². The van der Waals surface area contributed by atoms with Crippen molar-refractivity contribution in [3.05, 3.63) is 23.0 Å². The Morgan fingerprint density at radius 1 is 1.35 bits per heavy atom. The second-order valence-electron chi connectivity index (χ2n) is 4.89. The van der Waals surface area contributed by atoms with E-state index in [1.165, 1.54) is 0 Å². The maximum atomic E-state index is 13.9. The number of nitrogen functional groups attached to an aromatic ring is 1. The van der Waals surface area contributed by atoms with Crippen molar-refractivity contribution in [1.29, 1.82) is 0 Å². The molecule has 5 nitrogen and oxygen atoms in total. The molecule has 0 aliphatic heterocycles. The van der Waals surface area contributed by atoms with Crippen molar-refractivity contribution in [2.75, 3.05) is 5.73 Å². The van der Waals surface area contributed by atoms with Crippen LogP contribution in [0.2, 0.25) is 5.02 Å². The number of hydrogen-bond donors (Lipinski definition) is 3. The number of rotatable bonds is 3. The highest BCUT2D eigenvalue weighted by atomic mass is 35.5. The number of sulfonamides is 1. The Morgan fingerprint density at radius 2 is 2.00 bits per heavy atom. The van der Waals surface area contributed by atoms with E-state index in [-0.39, 0.29) is 10.7 Å². The van der Waals surface area contributed by atoms with E-state index in [1.807, 2.05) is 0 Å². The summed E-state index contributed by atoms with van der Waals surface area (Å²) < 4.78 is 40.6. The molecule has 0 saturated heterocycles. The van der Waals surface area contributed by atoms with Crippen LogP contribution in [0.1, 0.15) is 25.7 Å². The minimum atomic E-state index is -4.12. The number of nitrogens with one attached hydrogen (secondary N) is 1. The number of anilines is 1. The van der Waals surface area contributed by atoms with E-state index in [9.17, 15) is 17.9 Å². The zero-order valence-corrected chi connectivity index (χ0v) is 12.2. The molecule has 1 aromatic carbocycles. The number of hydrogen-bond acceptors (Lipinski definition) is 4. The largest absolute Gasteiger partial charge is 0.399 e. The van der Waals surface area contributed by atoms with Gasteiger partial charge in [0.2, 0.25) is 10.0 Å². The summed E-state index contributed by atoms with van der Waals surface area (Å²) in [7, 11) is -4.12. The third-order valence-electron chi connectivity index (χ3n) is 3.34. The monoisotopic (exact) mass is 322 g/mol. The molecule has 0 bridgehead atoms. The highest BCUT2D eigenvalue weighted by Crippen LogP contribution is 2.27. The van der Waals surface area contributed by atoms with Gasteiger partial charge in [-0.2, -0.15) is 0 Å². The van der Waals surface area contributed by atoms with Gasteiger partial charge in [-0.3, -0.25) is 0 Å². The first kappa shape index (κ1) is 15.5. The number of halogens is 2. The number of nitrogens with two attached hydrogens (primary N) is 1. The third-order valence-corrected chi connectivity index (χ3v) is 5.11. The summed E-state index contributed by atoms with van der Waals surface area (Å²) in [6, 6.07) is 1.54. The number of benzene rings is 1. The van der Waals surface area contributed by atoms with Crippen molar-refractivity contribution in [3.63, 3.8) is 0 Å². The van der Waals surface area contributed by atoms with Crippen LogP contribution in [0.3, 0.4) is 0 Å². The molecule has 1 aliphatic carbocycles. The van der Waals surface area contributed by atoms with Crippen molar-refractivity contribution in [2.24, 2.45) is 0 Å². The van der Waals surface area contributed by atoms with Crippen LogP contribution in [0.4, 0.5) is 10.1 Å². The van der Waals surface area contributed by atoms with Crippen LogP contribution in [0.25, 0.3) is 0 Å². The normalized spacial score (nSPS) is 23.8. The summed E-state index contributed by atoms with van der Waals surface area (Å²) in [6.45, 7) is 0. The maximum absolute atomic E-state index is 13.9. The van der Waals surface area contributed by atoms with Gasteiger partial charge in [0.1, 0.15) is 4.90 Å². The summed E-state index contributed by atoms with van der Waals surface area (Å²) in [4.78, 5) is -0.597. The molecule has 0 amide bonds. The van der Waals surface area contributed by atoms with E-state index in [2.05, 4.69) is 4.72 Å². The number of aliphatic hydroxyl groups excluding tert-OH is 1. The molecule has 2 rings (SSSR count). The van der Waals surface area contributed by atoms with Crippen molar-refractivity contribution in [3.8, 4) is 0 Å². The van der Waals surface area contributed by atoms with E-state index >= 15 is 0 Å². The van der Waals surface area contributed by atoms with E-state index in [0.717, 1.165) is 25.0 Å². The van der Waals surface area contributed by atoms with Crippen LogP contribution in [-0.4, -0.2) is 25.7 Å². The molecule has 20 heavy (non-hydrogen) atoms. The molecule has 112 valence electrons. The summed E-state index contributed by atoms with van der Waals surface area (Å²) in [6.07, 6.45) is 1.92. The molecule has 1 aliphatic rings. The molecule has 2 atom stereocenters. The quantitative estimate of drug-likeness (QED) is 0.738. The second-order valence-corrected chi connectivity index (χ2v) is 6.98. The average molecular weight is 323 g/mol. The molecule has 1 saturated carbocycles. The van der Waals surface area contributed by atoms with Crippen LogP contribution in [0.15, 0.2) is 17.0 Å². The molecular formula is C12H16ClFN2O3S. The Kier molecular flexibility index (Phi) is 4.53. The first-order valence-corrected chi connectivity index (χ1v) is 8.12. The highest BCUT2D eigenvalue weighted by molar-refractivity contribution is 7.89. The van der Waals surface area contributed by atoms with Gasteiger partial charge in [-0.05, 0) is 25.0 Å². The first-order valence-electron chi connectivity index (χ1n) is 6.26. The van der Waals surface area contributed by atoms with Crippen LogP contribution < -0.4 is 10.5 Å². The first-order chi connectivity index (χ1) is 9.31. The predicted molar refractivity (Wildman–Crippen MR) is 74.4 cm³/mol. The Hall–Kier alpha value is -0.890. The fourth-order valence-corrected chi connectivity index (χ4v) is 4.01. The minimum absolute atomic E-state index is 0.0565. The minimum Gasteiger partial charge on any atom is -0.399 e. The predicted octanol–water partition coefficient (Wildman–Crippen LogP) is 1.64. The van der Waals surface area contributed by atoms with Crippen LogP contribution in [0.5, 0.6) is 0 Å².